The minimum Gasteiger partial charge on any atom is -0.480 e. The van der Waals surface area contributed by atoms with E-state index < -0.39 is 36.1 Å². The largest absolute Gasteiger partial charge is 0.480 e. The molecule has 2 N–H and O–H groups in total. The summed E-state index contributed by atoms with van der Waals surface area (Å²) in [5.74, 6) is -2.34. The number of likely N-dealkylation sites (tertiary alicyclic amines) is 1. The van der Waals surface area contributed by atoms with Crippen molar-refractivity contribution in [3.63, 3.8) is 0 Å². The summed E-state index contributed by atoms with van der Waals surface area (Å²) >= 11 is 0. The molecule has 1 unspecified atom stereocenters. The minimum atomic E-state index is -4.67. The van der Waals surface area contributed by atoms with Crippen LogP contribution in [0.5, 0.6) is 0 Å². The Bertz CT molecular complexity index is 391. The molecular formula is C11H15F3N2O3. The highest BCUT2D eigenvalue weighted by Crippen LogP contribution is 2.45. The van der Waals surface area contributed by atoms with Crippen LogP contribution in [0.2, 0.25) is 0 Å². The van der Waals surface area contributed by atoms with E-state index in [2.05, 4.69) is 5.32 Å². The monoisotopic (exact) mass is 280 g/mol. The molecule has 2 rings (SSSR count). The Labute approximate surface area is 107 Å². The molecule has 0 spiro atoms. The zero-order valence-corrected chi connectivity index (χ0v) is 10.2. The fraction of sp³-hybridized carbons (Fsp3) is 0.818. The molecule has 8 heteroatoms. The molecular weight excluding hydrogens is 265 g/mol. The van der Waals surface area contributed by atoms with E-state index in [9.17, 15) is 22.8 Å². The highest BCUT2D eigenvalue weighted by Gasteiger charge is 2.63. The number of hydrogen-bond acceptors (Lipinski definition) is 3. The average Bonchev–Trinajstić information content (AvgIpc) is 2.97. The highest BCUT2D eigenvalue weighted by atomic mass is 19.4. The third-order valence-corrected chi connectivity index (χ3v) is 3.91. The average molecular weight is 280 g/mol. The Balaban J connectivity index is 2.28. The smallest absolute Gasteiger partial charge is 0.404 e. The maximum Gasteiger partial charge on any atom is 0.404 e. The summed E-state index contributed by atoms with van der Waals surface area (Å²) in [6, 6.07) is -1.13. The van der Waals surface area contributed by atoms with Gasteiger partial charge in [-0.3, -0.25) is 4.79 Å². The fourth-order valence-electron chi connectivity index (χ4n) is 2.78. The first-order valence-corrected chi connectivity index (χ1v) is 6.11. The Hall–Kier alpha value is -1.31. The van der Waals surface area contributed by atoms with Gasteiger partial charge in [0, 0.05) is 13.1 Å². The molecule has 2 aliphatic rings. The van der Waals surface area contributed by atoms with Gasteiger partial charge in [0.05, 0.1) is 0 Å². The molecule has 2 atom stereocenters. The Morgan fingerprint density at radius 3 is 2.53 bits per heavy atom. The molecule has 108 valence electrons. The van der Waals surface area contributed by atoms with Gasteiger partial charge in [0.15, 0.2) is 5.41 Å². The van der Waals surface area contributed by atoms with Crippen LogP contribution in [0.1, 0.15) is 19.3 Å². The van der Waals surface area contributed by atoms with Crippen molar-refractivity contribution in [1.29, 1.82) is 0 Å². The van der Waals surface area contributed by atoms with E-state index in [0.717, 1.165) is 4.90 Å². The second-order valence-electron chi connectivity index (χ2n) is 5.00. The van der Waals surface area contributed by atoms with Crippen LogP contribution >= 0.6 is 0 Å². The van der Waals surface area contributed by atoms with E-state index in [-0.39, 0.29) is 25.9 Å². The van der Waals surface area contributed by atoms with Crippen molar-refractivity contribution >= 4 is 11.9 Å². The number of carboxylic acids is 1. The molecule has 5 nitrogen and oxygen atoms in total. The molecule has 0 saturated carbocycles. The van der Waals surface area contributed by atoms with Crippen LogP contribution < -0.4 is 5.32 Å². The van der Waals surface area contributed by atoms with E-state index in [1.807, 2.05) is 0 Å². The van der Waals surface area contributed by atoms with Gasteiger partial charge >= 0.3 is 12.1 Å². The molecule has 2 aliphatic heterocycles. The van der Waals surface area contributed by atoms with Crippen LogP contribution in [0.15, 0.2) is 0 Å². The van der Waals surface area contributed by atoms with E-state index in [0.29, 0.717) is 6.42 Å². The van der Waals surface area contributed by atoms with Gasteiger partial charge in [-0.25, -0.2) is 4.79 Å². The molecule has 2 heterocycles. The maximum absolute atomic E-state index is 13.2. The number of carbonyl (C=O) groups is 2. The number of carboxylic acid groups (broad SMARTS) is 1. The first-order chi connectivity index (χ1) is 8.79. The standard InChI is InChI=1S/C11H15F3N2O3/c12-11(13,14)10(3-4-15-6-10)9(19)16-5-1-2-7(16)8(17)18/h7,15H,1-6H2,(H,17,18)/t7-,10?/m0/s1. The number of carbonyl (C=O) groups excluding carboxylic acids is 1. The van der Waals surface area contributed by atoms with Gasteiger partial charge in [0.1, 0.15) is 6.04 Å². The topological polar surface area (TPSA) is 69.6 Å². The van der Waals surface area contributed by atoms with Gasteiger partial charge < -0.3 is 15.3 Å². The van der Waals surface area contributed by atoms with Crippen molar-refractivity contribution in [2.45, 2.75) is 31.5 Å². The van der Waals surface area contributed by atoms with Crippen LogP contribution in [0.4, 0.5) is 13.2 Å². The molecule has 0 bridgehead atoms. The summed E-state index contributed by atoms with van der Waals surface area (Å²) in [7, 11) is 0. The van der Waals surface area contributed by atoms with Crippen molar-refractivity contribution in [2.24, 2.45) is 5.41 Å². The fourth-order valence-corrected chi connectivity index (χ4v) is 2.78. The van der Waals surface area contributed by atoms with Crippen LogP contribution in [-0.4, -0.2) is 53.7 Å². The molecule has 0 aromatic heterocycles. The van der Waals surface area contributed by atoms with E-state index in [4.69, 9.17) is 5.11 Å². The molecule has 19 heavy (non-hydrogen) atoms. The third kappa shape index (κ3) is 2.18. The molecule has 2 saturated heterocycles. The molecule has 0 aromatic rings. The molecule has 0 aromatic carbocycles. The van der Waals surface area contributed by atoms with Crippen molar-refractivity contribution in [2.75, 3.05) is 19.6 Å². The van der Waals surface area contributed by atoms with Gasteiger partial charge in [-0.15, -0.1) is 0 Å². The summed E-state index contributed by atoms with van der Waals surface area (Å²) in [4.78, 5) is 24.1. The number of alkyl halides is 3. The zero-order valence-electron chi connectivity index (χ0n) is 10.2. The van der Waals surface area contributed by atoms with Gasteiger partial charge in [0.2, 0.25) is 5.91 Å². The predicted molar refractivity (Wildman–Crippen MR) is 58.3 cm³/mol. The number of halogens is 3. The molecule has 1 amide bonds. The van der Waals surface area contributed by atoms with E-state index >= 15 is 0 Å². The van der Waals surface area contributed by atoms with Crippen LogP contribution in [0, 0.1) is 5.41 Å². The third-order valence-electron chi connectivity index (χ3n) is 3.91. The number of aliphatic carboxylic acids is 1. The van der Waals surface area contributed by atoms with Crippen LogP contribution in [0.3, 0.4) is 0 Å². The summed E-state index contributed by atoms with van der Waals surface area (Å²) in [6.45, 7) is -0.289. The summed E-state index contributed by atoms with van der Waals surface area (Å²) in [5, 5.41) is 11.5. The maximum atomic E-state index is 13.2. The quantitative estimate of drug-likeness (QED) is 0.777. The summed E-state index contributed by atoms with van der Waals surface area (Å²) in [6.07, 6.45) is -4.37. The van der Waals surface area contributed by atoms with E-state index in [1.165, 1.54) is 0 Å². The van der Waals surface area contributed by atoms with Crippen molar-refractivity contribution in [3.8, 4) is 0 Å². The van der Waals surface area contributed by atoms with Crippen molar-refractivity contribution in [3.05, 3.63) is 0 Å². The second-order valence-corrected chi connectivity index (χ2v) is 5.00. The van der Waals surface area contributed by atoms with Gasteiger partial charge in [-0.2, -0.15) is 13.2 Å². The second kappa shape index (κ2) is 4.66. The number of rotatable bonds is 2. The van der Waals surface area contributed by atoms with Gasteiger partial charge in [0.25, 0.3) is 0 Å². The Morgan fingerprint density at radius 1 is 1.37 bits per heavy atom. The lowest BCUT2D eigenvalue weighted by Crippen LogP contribution is -2.55. The Morgan fingerprint density at radius 2 is 2.05 bits per heavy atom. The minimum absolute atomic E-state index is 0.0770. The SMILES string of the molecule is O=C(O)[C@@H]1CCCN1C(=O)C1(C(F)(F)F)CCNC1. The van der Waals surface area contributed by atoms with Crippen molar-refractivity contribution < 1.29 is 27.9 Å². The zero-order chi connectivity index (χ0) is 14.3. The normalized spacial score (nSPS) is 31.7. The highest BCUT2D eigenvalue weighted by molar-refractivity contribution is 5.89. The first kappa shape index (κ1) is 14.1. The summed E-state index contributed by atoms with van der Waals surface area (Å²) < 4.78 is 39.6. The van der Waals surface area contributed by atoms with Gasteiger partial charge in [-0.1, -0.05) is 0 Å². The van der Waals surface area contributed by atoms with E-state index in [1.54, 1.807) is 0 Å². The lowest BCUT2D eigenvalue weighted by atomic mass is 9.84. The summed E-state index contributed by atoms with van der Waals surface area (Å²) in [5.41, 5.74) is -2.47. The van der Waals surface area contributed by atoms with Crippen molar-refractivity contribution in [1.82, 2.24) is 10.2 Å². The molecule has 2 fully saturated rings. The lowest BCUT2D eigenvalue weighted by molar-refractivity contribution is -0.222. The van der Waals surface area contributed by atoms with Gasteiger partial charge in [-0.05, 0) is 25.8 Å². The number of nitrogens with one attached hydrogen (secondary N) is 1. The first-order valence-electron chi connectivity index (χ1n) is 6.11. The number of nitrogens with zero attached hydrogens (tertiary/aromatic N) is 1. The molecule has 0 radical (unpaired) electrons. The van der Waals surface area contributed by atoms with Crippen LogP contribution in [0.25, 0.3) is 0 Å². The lowest BCUT2D eigenvalue weighted by Gasteiger charge is -2.35. The number of hydrogen-bond donors (Lipinski definition) is 2. The number of amides is 1. The Kier molecular flexibility index (Phi) is 3.46. The van der Waals surface area contributed by atoms with Crippen LogP contribution in [-0.2, 0) is 9.59 Å². The predicted octanol–water partition coefficient (Wildman–Crippen LogP) is 0.604. The molecule has 0 aliphatic carbocycles.